The highest BCUT2D eigenvalue weighted by molar-refractivity contribution is 5.85. The summed E-state index contributed by atoms with van der Waals surface area (Å²) < 4.78 is 5.20. The maximum Gasteiger partial charge on any atom is 0.331 e. The van der Waals surface area contributed by atoms with Crippen LogP contribution in [-0.4, -0.2) is 34.5 Å². The molecule has 0 aromatic carbocycles. The molecular formula is C23H34O4. The number of carbonyl (C=O) groups is 1. The van der Waals surface area contributed by atoms with Gasteiger partial charge < -0.3 is 14.9 Å². The molecule has 150 valence electrons. The quantitative estimate of drug-likeness (QED) is 0.688. The molecule has 0 unspecified atom stereocenters. The molecule has 4 heteroatoms. The maximum atomic E-state index is 12.1. The van der Waals surface area contributed by atoms with E-state index in [4.69, 9.17) is 4.74 Å². The summed E-state index contributed by atoms with van der Waals surface area (Å²) >= 11 is 0. The van der Waals surface area contributed by atoms with E-state index in [9.17, 15) is 15.0 Å². The van der Waals surface area contributed by atoms with Gasteiger partial charge in [0.25, 0.3) is 0 Å². The molecule has 1 aliphatic heterocycles. The van der Waals surface area contributed by atoms with Gasteiger partial charge >= 0.3 is 5.97 Å². The van der Waals surface area contributed by atoms with E-state index in [0.717, 1.165) is 56.9 Å². The van der Waals surface area contributed by atoms with Crippen molar-refractivity contribution in [2.24, 2.45) is 34.5 Å². The Morgan fingerprint density at radius 1 is 1.04 bits per heavy atom. The number of aliphatic hydroxyl groups excluding tert-OH is 1. The second kappa shape index (κ2) is 5.82. The van der Waals surface area contributed by atoms with E-state index in [1.54, 1.807) is 6.08 Å². The third-order valence-corrected chi connectivity index (χ3v) is 9.96. The maximum absolute atomic E-state index is 12.1. The molecule has 0 radical (unpaired) electrons. The standard InChI is InChI=1S/C23H34O4/c1-21-8-5-16(24)12-15(21)3-4-19-18(21)6-9-22(2)17(7-10-23(19,22)26)14-11-20(25)27-13-14/h11,15-19,24,26H,3-10,12-13H2,1-2H3/t15-,16-,17+,18+,19+,21-,22-,23+/m1/s1. The first-order chi connectivity index (χ1) is 12.8. The number of ether oxygens (including phenoxy) is 1. The molecule has 0 aromatic heterocycles. The van der Waals surface area contributed by atoms with E-state index < -0.39 is 5.60 Å². The number of cyclic esters (lactones) is 1. The lowest BCUT2D eigenvalue weighted by molar-refractivity contribution is -0.208. The van der Waals surface area contributed by atoms with Crippen LogP contribution in [0.25, 0.3) is 0 Å². The zero-order valence-electron chi connectivity index (χ0n) is 16.7. The minimum atomic E-state index is -0.628. The molecule has 1 heterocycles. The van der Waals surface area contributed by atoms with Crippen molar-refractivity contribution in [3.05, 3.63) is 11.6 Å². The summed E-state index contributed by atoms with van der Waals surface area (Å²) in [5, 5.41) is 22.3. The van der Waals surface area contributed by atoms with Crippen molar-refractivity contribution in [2.75, 3.05) is 6.61 Å². The smallest absolute Gasteiger partial charge is 0.331 e. The number of hydrogen-bond donors (Lipinski definition) is 2. The van der Waals surface area contributed by atoms with Crippen molar-refractivity contribution < 1.29 is 19.7 Å². The minimum absolute atomic E-state index is 0.126. The van der Waals surface area contributed by atoms with Crippen LogP contribution in [0.4, 0.5) is 0 Å². The van der Waals surface area contributed by atoms with Crippen molar-refractivity contribution in [3.63, 3.8) is 0 Å². The lowest BCUT2D eigenvalue weighted by Gasteiger charge is -2.63. The summed E-state index contributed by atoms with van der Waals surface area (Å²) in [6, 6.07) is 0. The Morgan fingerprint density at radius 2 is 1.85 bits per heavy atom. The van der Waals surface area contributed by atoms with E-state index in [1.807, 2.05) is 0 Å². The molecule has 0 spiro atoms. The van der Waals surface area contributed by atoms with Gasteiger partial charge in [0, 0.05) is 11.5 Å². The van der Waals surface area contributed by atoms with Crippen molar-refractivity contribution in [1.82, 2.24) is 0 Å². The molecule has 5 aliphatic rings. The van der Waals surface area contributed by atoms with Crippen LogP contribution in [0.3, 0.4) is 0 Å². The Kier molecular flexibility index (Phi) is 3.92. The monoisotopic (exact) mass is 374 g/mol. The summed E-state index contributed by atoms with van der Waals surface area (Å²) in [7, 11) is 0. The van der Waals surface area contributed by atoms with E-state index in [1.165, 1.54) is 6.42 Å². The van der Waals surface area contributed by atoms with Crippen LogP contribution in [0.5, 0.6) is 0 Å². The topological polar surface area (TPSA) is 66.8 Å². The predicted octanol–water partition coefficient (Wildman–Crippen LogP) is 3.60. The Balaban J connectivity index is 1.47. The second-order valence-electron chi connectivity index (χ2n) is 10.7. The number of aliphatic hydroxyl groups is 2. The van der Waals surface area contributed by atoms with Gasteiger partial charge in [-0.05, 0) is 92.4 Å². The van der Waals surface area contributed by atoms with Crippen molar-refractivity contribution in [2.45, 2.75) is 83.3 Å². The van der Waals surface area contributed by atoms with E-state index in [-0.39, 0.29) is 28.8 Å². The van der Waals surface area contributed by atoms with Gasteiger partial charge in [0.2, 0.25) is 0 Å². The van der Waals surface area contributed by atoms with Crippen LogP contribution in [0, 0.1) is 34.5 Å². The molecule has 0 saturated heterocycles. The van der Waals surface area contributed by atoms with Crippen molar-refractivity contribution >= 4 is 5.97 Å². The van der Waals surface area contributed by atoms with Crippen molar-refractivity contribution in [1.29, 1.82) is 0 Å². The second-order valence-corrected chi connectivity index (χ2v) is 10.7. The van der Waals surface area contributed by atoms with Gasteiger partial charge in [-0.1, -0.05) is 13.8 Å². The molecule has 5 rings (SSSR count). The average molecular weight is 375 g/mol. The molecule has 0 amide bonds. The van der Waals surface area contributed by atoms with Gasteiger partial charge in [-0.15, -0.1) is 0 Å². The van der Waals surface area contributed by atoms with E-state index in [2.05, 4.69) is 13.8 Å². The van der Waals surface area contributed by atoms with Gasteiger partial charge in [0.15, 0.2) is 0 Å². The number of fused-ring (bicyclic) bond motifs is 5. The average Bonchev–Trinajstić information content (AvgIpc) is 3.16. The highest BCUT2D eigenvalue weighted by Gasteiger charge is 2.67. The fourth-order valence-corrected chi connectivity index (χ4v) is 8.39. The highest BCUT2D eigenvalue weighted by Crippen LogP contribution is 2.69. The molecule has 4 aliphatic carbocycles. The van der Waals surface area contributed by atoms with Crippen LogP contribution in [0.2, 0.25) is 0 Å². The number of rotatable bonds is 1. The largest absolute Gasteiger partial charge is 0.458 e. The molecule has 4 fully saturated rings. The highest BCUT2D eigenvalue weighted by atomic mass is 16.5. The summed E-state index contributed by atoms with van der Waals surface area (Å²) in [6.07, 6.45) is 10.8. The number of esters is 1. The summed E-state index contributed by atoms with van der Waals surface area (Å²) in [6.45, 7) is 5.15. The van der Waals surface area contributed by atoms with Crippen LogP contribution >= 0.6 is 0 Å². The number of hydrogen-bond acceptors (Lipinski definition) is 4. The number of carbonyl (C=O) groups excluding carboxylic acids is 1. The van der Waals surface area contributed by atoms with E-state index >= 15 is 0 Å². The first-order valence-corrected chi connectivity index (χ1v) is 11.1. The normalized spacial score (nSPS) is 54.6. The fraction of sp³-hybridized carbons (Fsp3) is 0.870. The lowest BCUT2D eigenvalue weighted by Crippen LogP contribution is -2.62. The van der Waals surface area contributed by atoms with Crippen LogP contribution < -0.4 is 0 Å². The Labute approximate surface area is 162 Å². The summed E-state index contributed by atoms with van der Waals surface area (Å²) in [5.74, 6) is 1.59. The third kappa shape index (κ3) is 2.32. The molecular weight excluding hydrogens is 340 g/mol. The van der Waals surface area contributed by atoms with Crippen LogP contribution in [0.15, 0.2) is 11.6 Å². The molecule has 27 heavy (non-hydrogen) atoms. The van der Waals surface area contributed by atoms with E-state index in [0.29, 0.717) is 24.4 Å². The first-order valence-electron chi connectivity index (χ1n) is 11.1. The Morgan fingerprint density at radius 3 is 2.59 bits per heavy atom. The predicted molar refractivity (Wildman–Crippen MR) is 102 cm³/mol. The minimum Gasteiger partial charge on any atom is -0.458 e. The SMILES string of the molecule is C[C@@]12CC[C@@H](O)C[C@H]1CC[C@H]1[C@@H]2CC[C@]2(C)[C@H](C3=CC(=O)OC3)CC[C@]12O. The Bertz CT molecular complexity index is 686. The first kappa shape index (κ1) is 18.2. The zero-order chi connectivity index (χ0) is 19.0. The molecule has 4 nitrogen and oxygen atoms in total. The van der Waals surface area contributed by atoms with Crippen LogP contribution in [0.1, 0.15) is 71.6 Å². The Hall–Kier alpha value is -0.870. The van der Waals surface area contributed by atoms with Gasteiger partial charge in [0.05, 0.1) is 11.7 Å². The molecule has 8 atom stereocenters. The van der Waals surface area contributed by atoms with Gasteiger partial charge in [-0.3, -0.25) is 0 Å². The molecule has 0 bridgehead atoms. The zero-order valence-corrected chi connectivity index (χ0v) is 16.7. The lowest BCUT2D eigenvalue weighted by atomic mass is 9.43. The molecule has 0 aromatic rings. The van der Waals surface area contributed by atoms with Gasteiger partial charge in [-0.25, -0.2) is 4.79 Å². The summed E-state index contributed by atoms with van der Waals surface area (Å²) in [4.78, 5) is 11.6. The molecule has 4 saturated carbocycles. The van der Waals surface area contributed by atoms with Crippen molar-refractivity contribution in [3.8, 4) is 0 Å². The summed E-state index contributed by atoms with van der Waals surface area (Å²) in [5.41, 5.74) is 0.600. The molecule has 2 N–H and O–H groups in total. The van der Waals surface area contributed by atoms with Gasteiger partial charge in [0.1, 0.15) is 6.61 Å². The third-order valence-electron chi connectivity index (χ3n) is 9.96. The van der Waals surface area contributed by atoms with Gasteiger partial charge in [-0.2, -0.15) is 0 Å². The fourth-order valence-electron chi connectivity index (χ4n) is 8.39. The van der Waals surface area contributed by atoms with Crippen LogP contribution in [-0.2, 0) is 9.53 Å².